The van der Waals surface area contributed by atoms with Gasteiger partial charge in [-0.3, -0.25) is 20.4 Å². The van der Waals surface area contributed by atoms with Crippen molar-refractivity contribution < 1.29 is 9.59 Å². The van der Waals surface area contributed by atoms with Crippen LogP contribution in [0.4, 0.5) is 5.13 Å². The van der Waals surface area contributed by atoms with Crippen molar-refractivity contribution in [2.45, 2.75) is 19.8 Å². The van der Waals surface area contributed by atoms with Crippen LogP contribution in [0, 0.1) is 12.8 Å². The van der Waals surface area contributed by atoms with E-state index in [1.807, 2.05) is 37.3 Å². The summed E-state index contributed by atoms with van der Waals surface area (Å²) in [5, 5.41) is 0.947. The highest BCUT2D eigenvalue weighted by molar-refractivity contribution is 7.22. The van der Waals surface area contributed by atoms with Crippen molar-refractivity contribution in [1.29, 1.82) is 0 Å². The number of nitrogens with zero attached hydrogens (tertiary/aromatic N) is 2. The summed E-state index contributed by atoms with van der Waals surface area (Å²) in [6, 6.07) is 15.4. The Morgan fingerprint density at radius 3 is 2.71 bits per heavy atom. The fraction of sp³-hybridized carbons (Fsp3) is 0.286. The SMILES string of the molecule is Cc1ccccc1C(=O)NNC(=O)[C@H]1CCCN(c2nc3ccccc3s2)C1. The lowest BCUT2D eigenvalue weighted by Gasteiger charge is -2.31. The van der Waals surface area contributed by atoms with Gasteiger partial charge < -0.3 is 4.90 Å². The summed E-state index contributed by atoms with van der Waals surface area (Å²) in [6.45, 7) is 3.36. The third-order valence-corrected chi connectivity index (χ3v) is 6.13. The standard InChI is InChI=1S/C21H22N4O2S/c1-14-7-2-3-9-16(14)20(27)24-23-19(26)15-8-6-12-25(13-15)21-22-17-10-4-5-11-18(17)28-21/h2-5,7,9-11,15H,6,8,12-13H2,1H3,(H,23,26)(H,24,27)/t15-/m0/s1. The number of thiazole rings is 1. The second-order valence-corrected chi connectivity index (χ2v) is 8.02. The van der Waals surface area contributed by atoms with Crippen LogP contribution in [0.2, 0.25) is 0 Å². The van der Waals surface area contributed by atoms with Crippen LogP contribution in [0.25, 0.3) is 10.2 Å². The Morgan fingerprint density at radius 2 is 1.89 bits per heavy atom. The molecule has 1 aliphatic rings. The van der Waals surface area contributed by atoms with Gasteiger partial charge in [-0.15, -0.1) is 0 Å². The molecular formula is C21H22N4O2S. The minimum Gasteiger partial charge on any atom is -0.347 e. The first-order chi connectivity index (χ1) is 13.6. The van der Waals surface area contributed by atoms with Gasteiger partial charge in [0.2, 0.25) is 5.91 Å². The lowest BCUT2D eigenvalue weighted by atomic mass is 9.98. The van der Waals surface area contributed by atoms with Crippen molar-refractivity contribution in [2.75, 3.05) is 18.0 Å². The average Bonchev–Trinajstić information content (AvgIpc) is 3.16. The van der Waals surface area contributed by atoms with Crippen molar-refractivity contribution in [3.05, 3.63) is 59.7 Å². The first-order valence-corrected chi connectivity index (χ1v) is 10.2. The first kappa shape index (κ1) is 18.4. The van der Waals surface area contributed by atoms with Crippen LogP contribution in [0.1, 0.15) is 28.8 Å². The number of rotatable bonds is 3. The van der Waals surface area contributed by atoms with Gasteiger partial charge in [-0.05, 0) is 43.5 Å². The molecule has 0 spiro atoms. The maximum absolute atomic E-state index is 12.6. The Balaban J connectivity index is 1.38. The van der Waals surface area contributed by atoms with E-state index in [1.54, 1.807) is 23.5 Å². The van der Waals surface area contributed by atoms with Crippen LogP contribution in [0.3, 0.4) is 0 Å². The second kappa shape index (κ2) is 7.98. The van der Waals surface area contributed by atoms with Crippen molar-refractivity contribution >= 4 is 38.5 Å². The number of carbonyl (C=O) groups excluding carboxylic acids is 2. The molecule has 0 aliphatic carbocycles. The van der Waals surface area contributed by atoms with Crippen molar-refractivity contribution in [3.8, 4) is 0 Å². The number of benzene rings is 2. The summed E-state index contributed by atoms with van der Waals surface area (Å²) in [5.41, 5.74) is 7.55. The van der Waals surface area contributed by atoms with Gasteiger partial charge in [-0.25, -0.2) is 4.98 Å². The van der Waals surface area contributed by atoms with Gasteiger partial charge in [0, 0.05) is 18.7 Å². The number of aromatic nitrogens is 1. The maximum Gasteiger partial charge on any atom is 0.269 e. The van der Waals surface area contributed by atoms with Crippen molar-refractivity contribution in [3.63, 3.8) is 0 Å². The molecule has 7 heteroatoms. The molecule has 0 radical (unpaired) electrons. The normalized spacial score (nSPS) is 16.8. The van der Waals surface area contributed by atoms with E-state index < -0.39 is 0 Å². The molecule has 2 N–H and O–H groups in total. The zero-order valence-electron chi connectivity index (χ0n) is 15.6. The molecule has 2 aromatic carbocycles. The van der Waals surface area contributed by atoms with Crippen LogP contribution in [0.15, 0.2) is 48.5 Å². The molecule has 0 unspecified atom stereocenters. The number of nitrogens with one attached hydrogen (secondary N) is 2. The fourth-order valence-electron chi connectivity index (χ4n) is 3.48. The van der Waals surface area contributed by atoms with Crippen LogP contribution < -0.4 is 15.8 Å². The van der Waals surface area contributed by atoms with Gasteiger partial charge in [0.05, 0.1) is 16.1 Å². The third-order valence-electron chi connectivity index (χ3n) is 5.03. The van der Waals surface area contributed by atoms with E-state index in [4.69, 9.17) is 4.98 Å². The Hall–Kier alpha value is -2.93. The van der Waals surface area contributed by atoms with E-state index >= 15 is 0 Å². The summed E-state index contributed by atoms with van der Waals surface area (Å²) in [5.74, 6) is -0.643. The number of amides is 2. The molecule has 1 atom stereocenters. The van der Waals surface area contributed by atoms with E-state index in [2.05, 4.69) is 21.8 Å². The number of hydrogen-bond acceptors (Lipinski definition) is 5. The van der Waals surface area contributed by atoms with Crippen molar-refractivity contribution in [1.82, 2.24) is 15.8 Å². The number of hydrazine groups is 1. The molecule has 2 heterocycles. The summed E-state index contributed by atoms with van der Waals surface area (Å²) < 4.78 is 1.15. The molecule has 144 valence electrons. The molecule has 6 nitrogen and oxygen atoms in total. The van der Waals surface area contributed by atoms with E-state index in [0.717, 1.165) is 40.3 Å². The molecule has 1 aromatic heterocycles. The highest BCUT2D eigenvalue weighted by Gasteiger charge is 2.27. The molecule has 28 heavy (non-hydrogen) atoms. The highest BCUT2D eigenvalue weighted by atomic mass is 32.1. The van der Waals surface area contributed by atoms with Crippen LogP contribution >= 0.6 is 11.3 Å². The lowest BCUT2D eigenvalue weighted by Crippen LogP contribution is -2.49. The molecule has 1 saturated heterocycles. The smallest absolute Gasteiger partial charge is 0.269 e. The summed E-state index contributed by atoms with van der Waals surface area (Å²) in [4.78, 5) is 31.8. The monoisotopic (exact) mass is 394 g/mol. The Bertz CT molecular complexity index is 983. The van der Waals surface area contributed by atoms with Gasteiger partial charge in [0.15, 0.2) is 5.13 Å². The minimum absolute atomic E-state index is 0.159. The number of piperidine rings is 1. The summed E-state index contributed by atoms with van der Waals surface area (Å²) in [7, 11) is 0. The second-order valence-electron chi connectivity index (χ2n) is 7.01. The van der Waals surface area contributed by atoms with E-state index in [-0.39, 0.29) is 17.7 Å². The van der Waals surface area contributed by atoms with E-state index in [1.165, 1.54) is 0 Å². The van der Waals surface area contributed by atoms with Gasteiger partial charge >= 0.3 is 0 Å². The van der Waals surface area contributed by atoms with E-state index in [9.17, 15) is 9.59 Å². The predicted molar refractivity (Wildman–Crippen MR) is 111 cm³/mol. The molecule has 1 fully saturated rings. The number of carbonyl (C=O) groups is 2. The molecule has 1 aliphatic heterocycles. The van der Waals surface area contributed by atoms with Crippen LogP contribution in [-0.4, -0.2) is 29.9 Å². The predicted octanol–water partition coefficient (Wildman–Crippen LogP) is 3.28. The molecular weight excluding hydrogens is 372 g/mol. The Kier molecular flexibility index (Phi) is 5.25. The van der Waals surface area contributed by atoms with E-state index in [0.29, 0.717) is 12.1 Å². The zero-order chi connectivity index (χ0) is 19.5. The van der Waals surface area contributed by atoms with Gasteiger partial charge in [0.1, 0.15) is 0 Å². The number of para-hydroxylation sites is 1. The molecule has 0 saturated carbocycles. The largest absolute Gasteiger partial charge is 0.347 e. The summed E-state index contributed by atoms with van der Waals surface area (Å²) >= 11 is 1.65. The quantitative estimate of drug-likeness (QED) is 0.669. The number of aryl methyl sites for hydroxylation is 1. The first-order valence-electron chi connectivity index (χ1n) is 9.38. The van der Waals surface area contributed by atoms with Crippen LogP contribution in [-0.2, 0) is 4.79 Å². The lowest BCUT2D eigenvalue weighted by molar-refractivity contribution is -0.126. The maximum atomic E-state index is 12.6. The molecule has 2 amide bonds. The zero-order valence-corrected chi connectivity index (χ0v) is 16.5. The Morgan fingerprint density at radius 1 is 1.11 bits per heavy atom. The Labute approximate surface area is 167 Å². The fourth-order valence-corrected chi connectivity index (χ4v) is 4.48. The summed E-state index contributed by atoms with van der Waals surface area (Å²) in [6.07, 6.45) is 1.72. The highest BCUT2D eigenvalue weighted by Crippen LogP contribution is 2.31. The third kappa shape index (κ3) is 3.84. The van der Waals surface area contributed by atoms with Gasteiger partial charge in [-0.1, -0.05) is 41.7 Å². The number of hydrogen-bond donors (Lipinski definition) is 2. The molecule has 0 bridgehead atoms. The van der Waals surface area contributed by atoms with Gasteiger partial charge in [-0.2, -0.15) is 0 Å². The van der Waals surface area contributed by atoms with Crippen molar-refractivity contribution in [2.24, 2.45) is 5.92 Å². The topological polar surface area (TPSA) is 74.3 Å². The van der Waals surface area contributed by atoms with Crippen LogP contribution in [0.5, 0.6) is 0 Å². The molecule has 4 rings (SSSR count). The van der Waals surface area contributed by atoms with Gasteiger partial charge in [0.25, 0.3) is 5.91 Å². The average molecular weight is 395 g/mol. The number of fused-ring (bicyclic) bond motifs is 1. The number of anilines is 1. The minimum atomic E-state index is -0.301. The molecule has 3 aromatic rings.